The van der Waals surface area contributed by atoms with Gasteiger partial charge in [-0.1, -0.05) is 5.92 Å². The number of aromatic nitrogens is 2. The Morgan fingerprint density at radius 2 is 2.42 bits per heavy atom. The molecule has 0 unspecified atom stereocenters. The summed E-state index contributed by atoms with van der Waals surface area (Å²) >= 11 is 0. The molecule has 1 aromatic rings. The largest absolute Gasteiger partial charge is 0.472 e. The van der Waals surface area contributed by atoms with Gasteiger partial charge in [0.25, 0.3) is 0 Å². The molecule has 0 saturated carbocycles. The van der Waals surface area contributed by atoms with E-state index in [2.05, 4.69) is 11.0 Å². The molecule has 0 amide bonds. The summed E-state index contributed by atoms with van der Waals surface area (Å²) in [5.41, 5.74) is 1.52. The molecule has 0 aliphatic heterocycles. The van der Waals surface area contributed by atoms with Crippen LogP contribution >= 0.6 is 0 Å². The molecule has 1 N–H and O–H groups in total. The molecule has 1 rings (SSSR count). The van der Waals surface area contributed by atoms with Crippen molar-refractivity contribution in [1.82, 2.24) is 9.78 Å². The predicted octanol–water partition coefficient (Wildman–Crippen LogP) is 0.165. The van der Waals surface area contributed by atoms with Crippen molar-refractivity contribution in [2.75, 3.05) is 0 Å². The first-order valence-electron chi connectivity index (χ1n) is 3.35. The van der Waals surface area contributed by atoms with E-state index < -0.39 is 5.97 Å². The number of rotatable bonds is 0. The number of carbonyl (C=O) groups is 1. The van der Waals surface area contributed by atoms with Gasteiger partial charge in [0.05, 0.1) is 17.5 Å². The van der Waals surface area contributed by atoms with Gasteiger partial charge in [-0.15, -0.1) is 0 Å². The second kappa shape index (κ2) is 3.09. The SMILES string of the molecule is Cc1c(C#CC(=O)O)cnn1C. The van der Waals surface area contributed by atoms with Crippen molar-refractivity contribution in [3.63, 3.8) is 0 Å². The molecular formula is C8H8N2O2. The number of aryl methyl sites for hydroxylation is 1. The predicted molar refractivity (Wildman–Crippen MR) is 42.5 cm³/mol. The summed E-state index contributed by atoms with van der Waals surface area (Å²) in [5, 5.41) is 12.2. The van der Waals surface area contributed by atoms with Crippen molar-refractivity contribution in [1.29, 1.82) is 0 Å². The van der Waals surface area contributed by atoms with Gasteiger partial charge in [-0.05, 0) is 6.92 Å². The maximum atomic E-state index is 10.1. The minimum Gasteiger partial charge on any atom is -0.472 e. The summed E-state index contributed by atoms with van der Waals surface area (Å²) in [7, 11) is 1.78. The number of nitrogens with zero attached hydrogens (tertiary/aromatic N) is 2. The highest BCUT2D eigenvalue weighted by Crippen LogP contribution is 2.02. The molecule has 0 aliphatic carbocycles. The van der Waals surface area contributed by atoms with Gasteiger partial charge in [-0.3, -0.25) is 4.68 Å². The topological polar surface area (TPSA) is 55.1 Å². The monoisotopic (exact) mass is 164 g/mol. The second-order valence-electron chi connectivity index (χ2n) is 2.32. The van der Waals surface area contributed by atoms with Crippen molar-refractivity contribution in [2.24, 2.45) is 7.05 Å². The summed E-state index contributed by atoms with van der Waals surface area (Å²) in [6.45, 7) is 1.83. The van der Waals surface area contributed by atoms with Gasteiger partial charge in [0.2, 0.25) is 0 Å². The molecule has 0 bridgehead atoms. The smallest absolute Gasteiger partial charge is 0.382 e. The third-order valence-electron chi connectivity index (χ3n) is 1.54. The average molecular weight is 164 g/mol. The third kappa shape index (κ3) is 1.64. The Morgan fingerprint density at radius 3 is 2.83 bits per heavy atom. The van der Waals surface area contributed by atoms with E-state index in [1.165, 1.54) is 0 Å². The van der Waals surface area contributed by atoms with Gasteiger partial charge in [0.1, 0.15) is 0 Å². The zero-order valence-corrected chi connectivity index (χ0v) is 6.83. The van der Waals surface area contributed by atoms with E-state index >= 15 is 0 Å². The minimum atomic E-state index is -1.13. The van der Waals surface area contributed by atoms with Crippen molar-refractivity contribution in [2.45, 2.75) is 6.92 Å². The highest BCUT2D eigenvalue weighted by Gasteiger charge is 1.99. The molecule has 4 heteroatoms. The standard InChI is InChI=1S/C8H8N2O2/c1-6-7(3-4-8(11)12)5-9-10(6)2/h5H,1-2H3,(H,11,12). The van der Waals surface area contributed by atoms with Crippen LogP contribution in [0.25, 0.3) is 0 Å². The van der Waals surface area contributed by atoms with Crippen LogP contribution in [0, 0.1) is 18.8 Å². The highest BCUT2D eigenvalue weighted by molar-refractivity contribution is 5.87. The van der Waals surface area contributed by atoms with Gasteiger partial charge < -0.3 is 5.11 Å². The van der Waals surface area contributed by atoms with Gasteiger partial charge in [0, 0.05) is 13.0 Å². The van der Waals surface area contributed by atoms with E-state index in [1.54, 1.807) is 17.9 Å². The van der Waals surface area contributed by atoms with Crippen LogP contribution < -0.4 is 0 Å². The molecular weight excluding hydrogens is 156 g/mol. The maximum Gasteiger partial charge on any atom is 0.382 e. The summed E-state index contributed by atoms with van der Waals surface area (Å²) < 4.78 is 1.64. The fourth-order valence-corrected chi connectivity index (χ4v) is 0.742. The van der Waals surface area contributed by atoms with Crippen LogP contribution in [0.1, 0.15) is 11.3 Å². The molecule has 0 atom stereocenters. The summed E-state index contributed by atoms with van der Waals surface area (Å²) in [6.07, 6.45) is 1.55. The zero-order chi connectivity index (χ0) is 9.14. The molecule has 0 saturated heterocycles. The van der Waals surface area contributed by atoms with Crippen LogP contribution in [0.5, 0.6) is 0 Å². The number of carboxylic acids is 1. The second-order valence-corrected chi connectivity index (χ2v) is 2.32. The highest BCUT2D eigenvalue weighted by atomic mass is 16.4. The van der Waals surface area contributed by atoms with E-state index in [4.69, 9.17) is 5.11 Å². The van der Waals surface area contributed by atoms with Gasteiger partial charge >= 0.3 is 5.97 Å². The number of aliphatic carboxylic acids is 1. The fraction of sp³-hybridized carbons (Fsp3) is 0.250. The first-order chi connectivity index (χ1) is 5.61. The van der Waals surface area contributed by atoms with Crippen molar-refractivity contribution in [3.8, 4) is 11.8 Å². The summed E-state index contributed by atoms with van der Waals surface area (Å²) in [6, 6.07) is 0. The lowest BCUT2D eigenvalue weighted by Crippen LogP contribution is -1.93. The van der Waals surface area contributed by atoms with Crippen LogP contribution in [0.15, 0.2) is 6.20 Å². The maximum absolute atomic E-state index is 10.1. The van der Waals surface area contributed by atoms with Gasteiger partial charge in [0.15, 0.2) is 0 Å². The van der Waals surface area contributed by atoms with E-state index in [9.17, 15) is 4.79 Å². The Morgan fingerprint density at radius 1 is 1.75 bits per heavy atom. The van der Waals surface area contributed by atoms with E-state index in [0.717, 1.165) is 5.69 Å². The number of carboxylic acid groups (broad SMARTS) is 1. The quantitative estimate of drug-likeness (QED) is 0.556. The van der Waals surface area contributed by atoms with E-state index in [-0.39, 0.29) is 0 Å². The fourth-order valence-electron chi connectivity index (χ4n) is 0.742. The molecule has 0 fully saturated rings. The average Bonchev–Trinajstić information content (AvgIpc) is 2.30. The summed E-state index contributed by atoms with van der Waals surface area (Å²) in [4.78, 5) is 10.1. The lowest BCUT2D eigenvalue weighted by Gasteiger charge is -1.90. The molecule has 0 aliphatic rings. The lowest BCUT2D eigenvalue weighted by atomic mass is 10.3. The number of hydrogen-bond acceptors (Lipinski definition) is 2. The summed E-state index contributed by atoms with van der Waals surface area (Å²) in [5.74, 6) is 3.40. The molecule has 0 aromatic carbocycles. The molecule has 4 nitrogen and oxygen atoms in total. The normalized spacial score (nSPS) is 8.83. The van der Waals surface area contributed by atoms with Crippen LogP contribution in [0.4, 0.5) is 0 Å². The Balaban J connectivity index is 3.00. The van der Waals surface area contributed by atoms with Crippen molar-refractivity contribution >= 4 is 5.97 Å². The van der Waals surface area contributed by atoms with E-state index in [1.807, 2.05) is 12.8 Å². The van der Waals surface area contributed by atoms with Crippen LogP contribution in [-0.2, 0) is 11.8 Å². The first-order valence-corrected chi connectivity index (χ1v) is 3.35. The Labute approximate surface area is 69.8 Å². The van der Waals surface area contributed by atoms with Crippen LogP contribution in [-0.4, -0.2) is 20.9 Å². The van der Waals surface area contributed by atoms with E-state index in [0.29, 0.717) is 5.56 Å². The molecule has 1 aromatic heterocycles. The van der Waals surface area contributed by atoms with Crippen molar-refractivity contribution < 1.29 is 9.90 Å². The lowest BCUT2D eigenvalue weighted by molar-refractivity contribution is -0.130. The van der Waals surface area contributed by atoms with Gasteiger partial charge in [-0.25, -0.2) is 4.79 Å². The Kier molecular flexibility index (Phi) is 2.15. The molecule has 62 valence electrons. The molecule has 0 radical (unpaired) electrons. The Hall–Kier alpha value is -1.76. The van der Waals surface area contributed by atoms with Crippen molar-refractivity contribution in [3.05, 3.63) is 17.5 Å². The Bertz CT molecular complexity index is 368. The molecule has 12 heavy (non-hydrogen) atoms. The van der Waals surface area contributed by atoms with Crippen LogP contribution in [0.3, 0.4) is 0 Å². The molecule has 0 spiro atoms. The minimum absolute atomic E-state index is 0.653. The first kappa shape index (κ1) is 8.34. The third-order valence-corrected chi connectivity index (χ3v) is 1.54. The van der Waals surface area contributed by atoms with Crippen LogP contribution in [0.2, 0.25) is 0 Å². The van der Waals surface area contributed by atoms with Gasteiger partial charge in [-0.2, -0.15) is 5.10 Å². The zero-order valence-electron chi connectivity index (χ0n) is 6.83. The molecule has 1 heterocycles. The number of hydrogen-bond donors (Lipinski definition) is 1.